The molecule has 1 N–H and O–H groups in total. The van der Waals surface area contributed by atoms with Crippen molar-refractivity contribution in [2.45, 2.75) is 12.2 Å². The van der Waals surface area contributed by atoms with Crippen LogP contribution in [0.25, 0.3) is 0 Å². The van der Waals surface area contributed by atoms with E-state index in [0.29, 0.717) is 6.61 Å². The van der Waals surface area contributed by atoms with E-state index in [0.717, 1.165) is 11.1 Å². The summed E-state index contributed by atoms with van der Waals surface area (Å²) in [7, 11) is 0. The molecule has 1 aromatic rings. The van der Waals surface area contributed by atoms with Gasteiger partial charge in [-0.05, 0) is 5.56 Å². The number of nitriles is 1. The van der Waals surface area contributed by atoms with Crippen LogP contribution in [0.3, 0.4) is 0 Å². The maximum Gasteiger partial charge on any atom is 0.203 e. The molecule has 1 atom stereocenters. The van der Waals surface area contributed by atoms with Gasteiger partial charge in [-0.3, -0.25) is 0 Å². The number of rotatable bonds is 3. The summed E-state index contributed by atoms with van der Waals surface area (Å²) in [6.45, 7) is 0.736. The SMILES string of the molecule is N#CC1(OCCO)COCc2ccccc21. The number of aliphatic hydroxyl groups is 1. The second kappa shape index (κ2) is 4.62. The van der Waals surface area contributed by atoms with Crippen molar-refractivity contribution in [2.75, 3.05) is 19.8 Å². The van der Waals surface area contributed by atoms with Crippen molar-refractivity contribution in [3.8, 4) is 6.07 Å². The Morgan fingerprint density at radius 2 is 2.31 bits per heavy atom. The number of nitrogens with zero attached hydrogens (tertiary/aromatic N) is 1. The van der Waals surface area contributed by atoms with Crippen LogP contribution >= 0.6 is 0 Å². The van der Waals surface area contributed by atoms with E-state index in [-0.39, 0.29) is 19.8 Å². The zero-order valence-electron chi connectivity index (χ0n) is 8.85. The molecule has 4 nitrogen and oxygen atoms in total. The van der Waals surface area contributed by atoms with Crippen LogP contribution in [0.15, 0.2) is 24.3 Å². The number of fused-ring (bicyclic) bond motifs is 1. The molecule has 0 amide bonds. The molecule has 0 aromatic heterocycles. The van der Waals surface area contributed by atoms with E-state index in [2.05, 4.69) is 6.07 Å². The van der Waals surface area contributed by atoms with Crippen LogP contribution in [-0.2, 0) is 21.7 Å². The van der Waals surface area contributed by atoms with Gasteiger partial charge in [-0.1, -0.05) is 24.3 Å². The van der Waals surface area contributed by atoms with Gasteiger partial charge in [0.25, 0.3) is 0 Å². The second-order valence-electron chi connectivity index (χ2n) is 3.66. The van der Waals surface area contributed by atoms with Crippen LogP contribution < -0.4 is 0 Å². The first-order chi connectivity index (χ1) is 7.82. The molecule has 0 aliphatic carbocycles. The first-order valence-electron chi connectivity index (χ1n) is 5.14. The Morgan fingerprint density at radius 3 is 3.06 bits per heavy atom. The molecule has 1 aliphatic heterocycles. The van der Waals surface area contributed by atoms with Gasteiger partial charge in [0.15, 0.2) is 0 Å². The molecule has 0 bridgehead atoms. The average molecular weight is 219 g/mol. The predicted octanol–water partition coefficient (Wildman–Crippen LogP) is 0.945. The standard InChI is InChI=1S/C12H13NO3/c13-8-12(16-6-5-14)9-15-7-10-3-1-2-4-11(10)12/h1-4,14H,5-7,9H2. The lowest BCUT2D eigenvalue weighted by molar-refractivity contribution is -0.0917. The van der Waals surface area contributed by atoms with Gasteiger partial charge in [-0.25, -0.2) is 0 Å². The van der Waals surface area contributed by atoms with Crippen molar-refractivity contribution in [2.24, 2.45) is 0 Å². The molecular weight excluding hydrogens is 206 g/mol. The van der Waals surface area contributed by atoms with E-state index in [4.69, 9.17) is 14.6 Å². The third kappa shape index (κ3) is 1.81. The van der Waals surface area contributed by atoms with Crippen molar-refractivity contribution >= 4 is 0 Å². The highest BCUT2D eigenvalue weighted by molar-refractivity contribution is 5.38. The first kappa shape index (κ1) is 11.1. The molecular formula is C12H13NO3. The molecule has 1 aliphatic rings. The van der Waals surface area contributed by atoms with Gasteiger partial charge in [0.05, 0.1) is 26.4 Å². The van der Waals surface area contributed by atoms with Crippen molar-refractivity contribution in [1.29, 1.82) is 5.26 Å². The number of hydrogen-bond donors (Lipinski definition) is 1. The van der Waals surface area contributed by atoms with Gasteiger partial charge in [0.2, 0.25) is 5.60 Å². The quantitative estimate of drug-likeness (QED) is 0.822. The van der Waals surface area contributed by atoms with Gasteiger partial charge < -0.3 is 14.6 Å². The molecule has 0 radical (unpaired) electrons. The number of benzene rings is 1. The van der Waals surface area contributed by atoms with E-state index < -0.39 is 5.60 Å². The molecule has 2 rings (SSSR count). The van der Waals surface area contributed by atoms with Crippen LogP contribution in [-0.4, -0.2) is 24.9 Å². The zero-order chi connectivity index (χ0) is 11.4. The normalized spacial score (nSPS) is 23.5. The fraction of sp³-hybridized carbons (Fsp3) is 0.417. The minimum absolute atomic E-state index is 0.106. The molecule has 0 spiro atoms. The van der Waals surface area contributed by atoms with Gasteiger partial charge in [-0.2, -0.15) is 5.26 Å². The number of ether oxygens (including phenoxy) is 2. The average Bonchev–Trinajstić information content (AvgIpc) is 2.36. The summed E-state index contributed by atoms with van der Waals surface area (Å²) in [6.07, 6.45) is 0. The van der Waals surface area contributed by atoms with Crippen molar-refractivity contribution in [1.82, 2.24) is 0 Å². The van der Waals surface area contributed by atoms with Crippen LogP contribution in [0.2, 0.25) is 0 Å². The van der Waals surface area contributed by atoms with Gasteiger partial charge >= 0.3 is 0 Å². The maximum absolute atomic E-state index is 9.28. The monoisotopic (exact) mass is 219 g/mol. The maximum atomic E-state index is 9.28. The summed E-state index contributed by atoms with van der Waals surface area (Å²) in [5.74, 6) is 0. The molecule has 0 saturated heterocycles. The lowest BCUT2D eigenvalue weighted by atomic mass is 9.89. The molecule has 4 heteroatoms. The molecule has 1 heterocycles. The molecule has 16 heavy (non-hydrogen) atoms. The van der Waals surface area contributed by atoms with Crippen LogP contribution in [0.5, 0.6) is 0 Å². The highest BCUT2D eigenvalue weighted by Crippen LogP contribution is 2.33. The molecule has 0 saturated carbocycles. The van der Waals surface area contributed by atoms with Crippen LogP contribution in [0.4, 0.5) is 0 Å². The van der Waals surface area contributed by atoms with Crippen LogP contribution in [0.1, 0.15) is 11.1 Å². The second-order valence-corrected chi connectivity index (χ2v) is 3.66. The van der Waals surface area contributed by atoms with Crippen molar-refractivity contribution in [3.63, 3.8) is 0 Å². The van der Waals surface area contributed by atoms with Gasteiger partial charge in [-0.15, -0.1) is 0 Å². The third-order valence-corrected chi connectivity index (χ3v) is 2.64. The summed E-state index contributed by atoms with van der Waals surface area (Å²) >= 11 is 0. The fourth-order valence-corrected chi connectivity index (χ4v) is 1.89. The molecule has 0 fully saturated rings. The Labute approximate surface area is 94.0 Å². The first-order valence-corrected chi connectivity index (χ1v) is 5.14. The summed E-state index contributed by atoms with van der Waals surface area (Å²) in [6, 6.07) is 9.72. The number of aliphatic hydroxyl groups excluding tert-OH is 1. The summed E-state index contributed by atoms with van der Waals surface area (Å²) in [5, 5.41) is 18.1. The zero-order valence-corrected chi connectivity index (χ0v) is 8.85. The van der Waals surface area contributed by atoms with Crippen LogP contribution in [0, 0.1) is 11.3 Å². The number of hydrogen-bond acceptors (Lipinski definition) is 4. The minimum atomic E-state index is -1.07. The minimum Gasteiger partial charge on any atom is -0.394 e. The highest BCUT2D eigenvalue weighted by Gasteiger charge is 2.38. The van der Waals surface area contributed by atoms with Gasteiger partial charge in [0, 0.05) is 5.56 Å². The highest BCUT2D eigenvalue weighted by atomic mass is 16.5. The molecule has 1 aromatic carbocycles. The smallest absolute Gasteiger partial charge is 0.203 e. The largest absolute Gasteiger partial charge is 0.394 e. The van der Waals surface area contributed by atoms with Gasteiger partial charge in [0.1, 0.15) is 6.07 Å². The fourth-order valence-electron chi connectivity index (χ4n) is 1.89. The lowest BCUT2D eigenvalue weighted by Gasteiger charge is -2.32. The lowest BCUT2D eigenvalue weighted by Crippen LogP contribution is -2.38. The Kier molecular flexibility index (Phi) is 3.20. The van der Waals surface area contributed by atoms with E-state index >= 15 is 0 Å². The Bertz CT molecular complexity index is 413. The summed E-state index contributed by atoms with van der Waals surface area (Å²) in [4.78, 5) is 0. The summed E-state index contributed by atoms with van der Waals surface area (Å²) in [5.41, 5.74) is 0.739. The molecule has 84 valence electrons. The predicted molar refractivity (Wildman–Crippen MR) is 56.4 cm³/mol. The van der Waals surface area contributed by atoms with E-state index in [9.17, 15) is 5.26 Å². The Hall–Kier alpha value is -1.41. The van der Waals surface area contributed by atoms with E-state index in [1.807, 2.05) is 24.3 Å². The van der Waals surface area contributed by atoms with E-state index in [1.165, 1.54) is 0 Å². The third-order valence-electron chi connectivity index (χ3n) is 2.64. The van der Waals surface area contributed by atoms with E-state index in [1.54, 1.807) is 0 Å². The Morgan fingerprint density at radius 1 is 1.50 bits per heavy atom. The Balaban J connectivity index is 2.38. The summed E-state index contributed by atoms with van der Waals surface area (Å²) < 4.78 is 10.8. The molecule has 1 unspecified atom stereocenters. The van der Waals surface area contributed by atoms with Crippen molar-refractivity contribution in [3.05, 3.63) is 35.4 Å². The topological polar surface area (TPSA) is 62.5 Å². The van der Waals surface area contributed by atoms with Crippen molar-refractivity contribution < 1.29 is 14.6 Å².